The van der Waals surface area contributed by atoms with Gasteiger partial charge < -0.3 is 9.64 Å². The van der Waals surface area contributed by atoms with Crippen molar-refractivity contribution in [3.63, 3.8) is 0 Å². The van der Waals surface area contributed by atoms with E-state index in [1.165, 1.54) is 0 Å². The van der Waals surface area contributed by atoms with Gasteiger partial charge in [-0.3, -0.25) is 10.1 Å². The highest BCUT2D eigenvalue weighted by Gasteiger charge is 2.22. The first-order valence-electron chi connectivity index (χ1n) is 7.81. The van der Waals surface area contributed by atoms with Gasteiger partial charge in [-0.15, -0.1) is 24.8 Å². The van der Waals surface area contributed by atoms with Crippen molar-refractivity contribution in [1.29, 1.82) is 0 Å². The molecule has 0 radical (unpaired) electrons. The quantitative estimate of drug-likeness (QED) is 0.746. The van der Waals surface area contributed by atoms with Crippen LogP contribution in [0.4, 0.5) is 5.95 Å². The number of pyridine rings is 1. The highest BCUT2D eigenvalue weighted by atomic mass is 35.5. The molecule has 1 fully saturated rings. The minimum absolute atomic E-state index is 0. The number of rotatable bonds is 4. The zero-order chi connectivity index (χ0) is 15.5. The van der Waals surface area contributed by atoms with Gasteiger partial charge in [0.15, 0.2) is 5.65 Å². The third-order valence-electron chi connectivity index (χ3n) is 4.03. The van der Waals surface area contributed by atoms with E-state index < -0.39 is 0 Å². The fourth-order valence-electron chi connectivity index (χ4n) is 2.82. The number of nitrogens with one attached hydrogen (secondary N) is 1. The molecule has 4 rings (SSSR count). The van der Waals surface area contributed by atoms with Crippen LogP contribution in [0.1, 0.15) is 18.5 Å². The second-order valence-corrected chi connectivity index (χ2v) is 5.69. The Balaban J connectivity index is 0.00000113. The molecule has 25 heavy (non-hydrogen) atoms. The largest absolute Gasteiger partial charge is 0.370 e. The van der Waals surface area contributed by atoms with Crippen LogP contribution in [0.2, 0.25) is 0 Å². The van der Waals surface area contributed by atoms with Crippen molar-refractivity contribution in [2.24, 2.45) is 0 Å². The van der Waals surface area contributed by atoms with Gasteiger partial charge in [0, 0.05) is 25.5 Å². The average molecular weight is 383 g/mol. The number of aromatic nitrogens is 5. The Kier molecular flexibility index (Phi) is 6.92. The number of aromatic amines is 1. The Morgan fingerprint density at radius 1 is 1.20 bits per heavy atom. The molecule has 9 heteroatoms. The van der Waals surface area contributed by atoms with Crippen molar-refractivity contribution in [2.45, 2.75) is 25.6 Å². The van der Waals surface area contributed by atoms with Gasteiger partial charge >= 0.3 is 0 Å². The van der Waals surface area contributed by atoms with Crippen molar-refractivity contribution < 1.29 is 4.74 Å². The molecule has 0 aromatic carbocycles. The van der Waals surface area contributed by atoms with Crippen LogP contribution in [0, 0.1) is 0 Å². The lowest BCUT2D eigenvalue weighted by molar-refractivity contribution is 0.0295. The molecule has 1 unspecified atom stereocenters. The molecule has 1 aliphatic rings. The third-order valence-corrected chi connectivity index (χ3v) is 4.03. The van der Waals surface area contributed by atoms with Crippen molar-refractivity contribution in [3.8, 4) is 0 Å². The Hall–Kier alpha value is -1.96. The SMILES string of the molecule is Cl.Cl.c1ccc(COC2CCCN(c3ncc4cn[nH]c4n3)C2)nc1. The molecule has 3 aromatic heterocycles. The van der Waals surface area contributed by atoms with Crippen LogP contribution >= 0.6 is 24.8 Å². The summed E-state index contributed by atoms with van der Waals surface area (Å²) in [6.45, 7) is 2.29. The zero-order valence-electron chi connectivity index (χ0n) is 13.5. The molecule has 4 heterocycles. The molecular weight excluding hydrogens is 363 g/mol. The predicted octanol–water partition coefficient (Wildman–Crippen LogP) is 2.78. The summed E-state index contributed by atoms with van der Waals surface area (Å²) in [6, 6.07) is 5.87. The van der Waals surface area contributed by atoms with Gasteiger partial charge in [-0.25, -0.2) is 4.98 Å². The molecule has 0 aliphatic carbocycles. The monoisotopic (exact) mass is 382 g/mol. The van der Waals surface area contributed by atoms with Gasteiger partial charge in [0.05, 0.1) is 30.0 Å². The van der Waals surface area contributed by atoms with Crippen LogP contribution in [0.3, 0.4) is 0 Å². The van der Waals surface area contributed by atoms with Crippen LogP contribution in [0.5, 0.6) is 0 Å². The minimum Gasteiger partial charge on any atom is -0.370 e. The van der Waals surface area contributed by atoms with Gasteiger partial charge in [-0.2, -0.15) is 10.1 Å². The lowest BCUT2D eigenvalue weighted by Crippen LogP contribution is -2.40. The number of nitrogens with zero attached hydrogens (tertiary/aromatic N) is 5. The summed E-state index contributed by atoms with van der Waals surface area (Å²) in [7, 11) is 0. The van der Waals surface area contributed by atoms with Gasteiger partial charge in [0.1, 0.15) is 0 Å². The number of anilines is 1. The molecule has 1 saturated heterocycles. The van der Waals surface area contributed by atoms with E-state index in [-0.39, 0.29) is 30.9 Å². The summed E-state index contributed by atoms with van der Waals surface area (Å²) < 4.78 is 6.01. The normalized spacial score (nSPS) is 17.0. The van der Waals surface area contributed by atoms with Crippen LogP contribution < -0.4 is 4.90 Å². The Morgan fingerprint density at radius 2 is 2.12 bits per heavy atom. The molecule has 7 nitrogen and oxygen atoms in total. The fraction of sp³-hybridized carbons (Fsp3) is 0.375. The third kappa shape index (κ3) is 4.56. The Morgan fingerprint density at radius 3 is 2.96 bits per heavy atom. The van der Waals surface area contributed by atoms with E-state index in [2.05, 4.69) is 30.0 Å². The number of hydrogen-bond acceptors (Lipinski definition) is 6. The average Bonchev–Trinajstić information content (AvgIpc) is 3.09. The molecular formula is C16H20Cl2N6O. The van der Waals surface area contributed by atoms with Crippen LogP contribution in [0.15, 0.2) is 36.8 Å². The van der Waals surface area contributed by atoms with Crippen molar-refractivity contribution in [1.82, 2.24) is 25.1 Å². The lowest BCUT2D eigenvalue weighted by Gasteiger charge is -2.32. The van der Waals surface area contributed by atoms with Gasteiger partial charge in [-0.1, -0.05) is 6.07 Å². The first-order chi connectivity index (χ1) is 11.4. The van der Waals surface area contributed by atoms with E-state index in [0.717, 1.165) is 48.6 Å². The van der Waals surface area contributed by atoms with Gasteiger partial charge in [0.25, 0.3) is 0 Å². The number of piperidine rings is 1. The number of hydrogen-bond donors (Lipinski definition) is 1. The van der Waals surface area contributed by atoms with E-state index in [9.17, 15) is 0 Å². The molecule has 1 aliphatic heterocycles. The molecule has 0 spiro atoms. The number of halogens is 2. The van der Waals surface area contributed by atoms with E-state index in [1.807, 2.05) is 18.2 Å². The predicted molar refractivity (Wildman–Crippen MR) is 100 cm³/mol. The Bertz CT molecular complexity index is 784. The topological polar surface area (TPSA) is 79.8 Å². The molecule has 1 N–H and O–H groups in total. The van der Waals surface area contributed by atoms with Crippen LogP contribution in [-0.2, 0) is 11.3 Å². The number of fused-ring (bicyclic) bond motifs is 1. The van der Waals surface area contributed by atoms with Crippen LogP contribution in [0.25, 0.3) is 11.0 Å². The van der Waals surface area contributed by atoms with Crippen molar-refractivity contribution in [2.75, 3.05) is 18.0 Å². The van der Waals surface area contributed by atoms with E-state index in [1.54, 1.807) is 18.6 Å². The summed E-state index contributed by atoms with van der Waals surface area (Å²) in [4.78, 5) is 15.5. The van der Waals surface area contributed by atoms with E-state index in [0.29, 0.717) is 6.61 Å². The maximum atomic E-state index is 6.01. The first-order valence-corrected chi connectivity index (χ1v) is 7.81. The second kappa shape index (κ2) is 8.94. The standard InChI is InChI=1S/C16H18N6O.2ClH/c1-2-6-17-13(4-1)11-23-14-5-3-7-22(10-14)16-18-8-12-9-19-21-15(12)20-16;;/h1-2,4,6,8-9,14H,3,5,7,10-11H2,(H,18,19,20,21);2*1H. The Labute approximate surface area is 158 Å². The number of H-pyrrole nitrogens is 1. The maximum absolute atomic E-state index is 6.01. The second-order valence-electron chi connectivity index (χ2n) is 5.69. The molecule has 0 bridgehead atoms. The van der Waals surface area contributed by atoms with Crippen LogP contribution in [-0.4, -0.2) is 44.3 Å². The van der Waals surface area contributed by atoms with Crippen molar-refractivity contribution in [3.05, 3.63) is 42.5 Å². The molecule has 0 saturated carbocycles. The van der Waals surface area contributed by atoms with Gasteiger partial charge in [-0.05, 0) is 25.0 Å². The minimum atomic E-state index is 0. The fourth-order valence-corrected chi connectivity index (χ4v) is 2.82. The molecule has 0 amide bonds. The first kappa shape index (κ1) is 19.4. The summed E-state index contributed by atoms with van der Waals surface area (Å²) in [5, 5.41) is 7.80. The summed E-state index contributed by atoms with van der Waals surface area (Å²) in [5.74, 6) is 0.730. The smallest absolute Gasteiger partial charge is 0.227 e. The highest BCUT2D eigenvalue weighted by Crippen LogP contribution is 2.20. The summed E-state index contributed by atoms with van der Waals surface area (Å²) in [6.07, 6.45) is 7.62. The lowest BCUT2D eigenvalue weighted by atomic mass is 10.1. The maximum Gasteiger partial charge on any atom is 0.227 e. The van der Waals surface area contributed by atoms with Gasteiger partial charge in [0.2, 0.25) is 5.95 Å². The summed E-state index contributed by atoms with van der Waals surface area (Å²) in [5.41, 5.74) is 1.73. The highest BCUT2D eigenvalue weighted by molar-refractivity contribution is 5.85. The molecule has 134 valence electrons. The van der Waals surface area contributed by atoms with E-state index >= 15 is 0 Å². The van der Waals surface area contributed by atoms with E-state index in [4.69, 9.17) is 4.74 Å². The molecule has 1 atom stereocenters. The summed E-state index contributed by atoms with van der Waals surface area (Å²) >= 11 is 0. The zero-order valence-corrected chi connectivity index (χ0v) is 15.2. The number of ether oxygens (including phenoxy) is 1. The molecule has 3 aromatic rings. The van der Waals surface area contributed by atoms with Crippen molar-refractivity contribution >= 4 is 41.8 Å².